The lowest BCUT2D eigenvalue weighted by Gasteiger charge is -2.30. The van der Waals surface area contributed by atoms with Gasteiger partial charge in [-0.15, -0.1) is 0 Å². The third-order valence-corrected chi connectivity index (χ3v) is 4.43. The van der Waals surface area contributed by atoms with E-state index in [1.54, 1.807) is 0 Å². The molecule has 0 saturated carbocycles. The number of hydrogen-bond donors (Lipinski definition) is 2. The largest absolute Gasteiger partial charge is 0.381 e. The lowest BCUT2D eigenvalue weighted by Crippen LogP contribution is -2.42. The maximum atomic E-state index is 12.6. The lowest BCUT2D eigenvalue weighted by molar-refractivity contribution is 0.0511. The summed E-state index contributed by atoms with van der Waals surface area (Å²) in [6.45, 7) is 3.76. The van der Waals surface area contributed by atoms with Gasteiger partial charge in [0.15, 0.2) is 0 Å². The number of carbonyl (C=O) groups is 1. The Morgan fingerprint density at radius 1 is 1.38 bits per heavy atom. The van der Waals surface area contributed by atoms with Gasteiger partial charge in [-0.05, 0) is 43.4 Å². The summed E-state index contributed by atoms with van der Waals surface area (Å²) in [4.78, 5) is 15.8. The molecule has 3 rings (SSSR count). The number of carbonyl (C=O) groups excluding carboxylic acids is 1. The van der Waals surface area contributed by atoms with Gasteiger partial charge in [-0.3, -0.25) is 4.79 Å². The smallest absolute Gasteiger partial charge is 0.252 e. The highest BCUT2D eigenvalue weighted by molar-refractivity contribution is 6.06. The van der Waals surface area contributed by atoms with Crippen LogP contribution in [0.3, 0.4) is 0 Å². The molecule has 2 aromatic rings. The standard InChI is InChI=1S/C17H22N2O2/c1-2-15(12-7-10-21-11-8-12)19-17(20)14-4-3-5-16-13(14)6-9-18-16/h3-6,9,12,15,18H,2,7-8,10-11H2,1H3,(H,19,20)/t15-/m1/s1. The van der Waals surface area contributed by atoms with E-state index in [1.807, 2.05) is 30.5 Å². The third kappa shape index (κ3) is 2.95. The van der Waals surface area contributed by atoms with Crippen LogP contribution in [0.5, 0.6) is 0 Å². The Morgan fingerprint density at radius 3 is 2.95 bits per heavy atom. The SMILES string of the molecule is CC[C@@H](NC(=O)c1cccc2[nH]ccc12)C1CCOCC1. The molecule has 0 unspecified atom stereocenters. The van der Waals surface area contributed by atoms with Crippen LogP contribution in [0.15, 0.2) is 30.5 Å². The molecule has 0 radical (unpaired) electrons. The van der Waals surface area contributed by atoms with Crippen LogP contribution in [-0.4, -0.2) is 30.1 Å². The van der Waals surface area contributed by atoms with Crippen LogP contribution in [0.4, 0.5) is 0 Å². The highest BCUT2D eigenvalue weighted by Gasteiger charge is 2.24. The molecular formula is C17H22N2O2. The van der Waals surface area contributed by atoms with E-state index in [2.05, 4.69) is 17.2 Å². The van der Waals surface area contributed by atoms with Crippen molar-refractivity contribution in [2.24, 2.45) is 5.92 Å². The highest BCUT2D eigenvalue weighted by Crippen LogP contribution is 2.22. The molecule has 1 atom stereocenters. The summed E-state index contributed by atoms with van der Waals surface area (Å²) in [5, 5.41) is 4.21. The second kappa shape index (κ2) is 6.31. The molecular weight excluding hydrogens is 264 g/mol. The first-order chi connectivity index (χ1) is 10.3. The van der Waals surface area contributed by atoms with Crippen molar-refractivity contribution in [3.8, 4) is 0 Å². The summed E-state index contributed by atoms with van der Waals surface area (Å²) >= 11 is 0. The Bertz CT molecular complexity index is 614. The normalized spacial score (nSPS) is 17.8. The van der Waals surface area contributed by atoms with Gasteiger partial charge in [0.05, 0.1) is 0 Å². The molecule has 0 bridgehead atoms. The minimum absolute atomic E-state index is 0.0264. The van der Waals surface area contributed by atoms with E-state index in [0.29, 0.717) is 5.92 Å². The zero-order valence-corrected chi connectivity index (χ0v) is 12.4. The summed E-state index contributed by atoms with van der Waals surface area (Å²) in [6, 6.07) is 7.99. The molecule has 1 amide bonds. The van der Waals surface area contributed by atoms with Crippen LogP contribution in [0.25, 0.3) is 10.9 Å². The maximum Gasteiger partial charge on any atom is 0.252 e. The Kier molecular flexibility index (Phi) is 4.25. The fourth-order valence-corrected chi connectivity index (χ4v) is 3.20. The van der Waals surface area contributed by atoms with E-state index in [9.17, 15) is 4.79 Å². The summed E-state index contributed by atoms with van der Waals surface area (Å²) in [7, 11) is 0. The number of ether oxygens (including phenoxy) is 1. The lowest BCUT2D eigenvalue weighted by atomic mass is 9.90. The number of nitrogens with one attached hydrogen (secondary N) is 2. The fourth-order valence-electron chi connectivity index (χ4n) is 3.20. The number of aromatic nitrogens is 1. The van der Waals surface area contributed by atoms with Crippen molar-refractivity contribution >= 4 is 16.8 Å². The summed E-state index contributed by atoms with van der Waals surface area (Å²) in [6.07, 6.45) is 4.90. The van der Waals surface area contributed by atoms with Gasteiger partial charge in [-0.25, -0.2) is 0 Å². The van der Waals surface area contributed by atoms with Gasteiger partial charge in [0.25, 0.3) is 5.91 Å². The molecule has 1 aliphatic rings. The average Bonchev–Trinajstić information content (AvgIpc) is 3.01. The van der Waals surface area contributed by atoms with Crippen molar-refractivity contribution < 1.29 is 9.53 Å². The second-order valence-electron chi connectivity index (χ2n) is 5.68. The molecule has 1 aromatic heterocycles. The van der Waals surface area contributed by atoms with Crippen LogP contribution >= 0.6 is 0 Å². The van der Waals surface area contributed by atoms with E-state index in [0.717, 1.165) is 48.9 Å². The molecule has 1 aromatic carbocycles. The highest BCUT2D eigenvalue weighted by atomic mass is 16.5. The molecule has 21 heavy (non-hydrogen) atoms. The molecule has 2 heterocycles. The van der Waals surface area contributed by atoms with Crippen molar-refractivity contribution in [2.45, 2.75) is 32.2 Å². The van der Waals surface area contributed by atoms with Gasteiger partial charge >= 0.3 is 0 Å². The van der Waals surface area contributed by atoms with Gasteiger partial charge in [0, 0.05) is 41.9 Å². The average molecular weight is 286 g/mol. The van der Waals surface area contributed by atoms with Crippen molar-refractivity contribution in [1.82, 2.24) is 10.3 Å². The van der Waals surface area contributed by atoms with Gasteiger partial charge in [-0.1, -0.05) is 13.0 Å². The van der Waals surface area contributed by atoms with Crippen LogP contribution in [0.2, 0.25) is 0 Å². The number of H-pyrrole nitrogens is 1. The van der Waals surface area contributed by atoms with Gasteiger partial charge in [0.1, 0.15) is 0 Å². The van der Waals surface area contributed by atoms with Gasteiger partial charge in [0.2, 0.25) is 0 Å². The molecule has 1 fully saturated rings. The summed E-state index contributed by atoms with van der Waals surface area (Å²) in [5.74, 6) is 0.552. The Hall–Kier alpha value is -1.81. The maximum absolute atomic E-state index is 12.6. The number of fused-ring (bicyclic) bond motifs is 1. The van der Waals surface area contributed by atoms with Crippen LogP contribution in [0, 0.1) is 5.92 Å². The van der Waals surface area contributed by atoms with Crippen LogP contribution in [-0.2, 0) is 4.74 Å². The monoisotopic (exact) mass is 286 g/mol. The third-order valence-electron chi connectivity index (χ3n) is 4.43. The molecule has 4 nitrogen and oxygen atoms in total. The van der Waals surface area contributed by atoms with Crippen LogP contribution in [0.1, 0.15) is 36.5 Å². The van der Waals surface area contributed by atoms with Crippen LogP contribution < -0.4 is 5.32 Å². The molecule has 112 valence electrons. The second-order valence-corrected chi connectivity index (χ2v) is 5.68. The van der Waals surface area contributed by atoms with E-state index in [-0.39, 0.29) is 11.9 Å². The number of hydrogen-bond acceptors (Lipinski definition) is 2. The molecule has 0 aliphatic carbocycles. The zero-order chi connectivity index (χ0) is 14.7. The first kappa shape index (κ1) is 14.1. The summed E-state index contributed by atoms with van der Waals surface area (Å²) < 4.78 is 5.41. The molecule has 2 N–H and O–H groups in total. The topological polar surface area (TPSA) is 54.1 Å². The van der Waals surface area contributed by atoms with E-state index >= 15 is 0 Å². The predicted octanol–water partition coefficient (Wildman–Crippen LogP) is 3.10. The minimum atomic E-state index is 0.0264. The summed E-state index contributed by atoms with van der Waals surface area (Å²) in [5.41, 5.74) is 1.75. The van der Waals surface area contributed by atoms with Gasteiger partial charge in [-0.2, -0.15) is 0 Å². The fraction of sp³-hybridized carbons (Fsp3) is 0.471. The van der Waals surface area contributed by atoms with E-state index < -0.39 is 0 Å². The minimum Gasteiger partial charge on any atom is -0.381 e. The molecule has 1 aliphatic heterocycles. The first-order valence-electron chi connectivity index (χ1n) is 7.74. The van der Waals surface area contributed by atoms with E-state index in [1.165, 1.54) is 0 Å². The Morgan fingerprint density at radius 2 is 2.19 bits per heavy atom. The zero-order valence-electron chi connectivity index (χ0n) is 12.4. The van der Waals surface area contributed by atoms with Crippen molar-refractivity contribution in [3.63, 3.8) is 0 Å². The number of rotatable bonds is 4. The predicted molar refractivity (Wildman–Crippen MR) is 83.4 cm³/mol. The van der Waals surface area contributed by atoms with Crippen molar-refractivity contribution in [1.29, 1.82) is 0 Å². The van der Waals surface area contributed by atoms with Gasteiger partial charge < -0.3 is 15.0 Å². The Balaban J connectivity index is 1.76. The molecule has 0 spiro atoms. The van der Waals surface area contributed by atoms with Crippen molar-refractivity contribution in [3.05, 3.63) is 36.0 Å². The number of amides is 1. The molecule has 4 heteroatoms. The van der Waals surface area contributed by atoms with E-state index in [4.69, 9.17) is 4.74 Å². The Labute approximate surface area is 124 Å². The number of aromatic amines is 1. The quantitative estimate of drug-likeness (QED) is 0.907. The van der Waals surface area contributed by atoms with Crippen molar-refractivity contribution in [2.75, 3.05) is 13.2 Å². The first-order valence-corrected chi connectivity index (χ1v) is 7.74. The molecule has 1 saturated heterocycles. The number of benzene rings is 1.